The predicted octanol–water partition coefficient (Wildman–Crippen LogP) is 2.94. The first-order chi connectivity index (χ1) is 9.38. The van der Waals surface area contributed by atoms with Crippen molar-refractivity contribution in [3.8, 4) is 0 Å². The molecule has 1 aromatic heterocycles. The van der Waals surface area contributed by atoms with E-state index in [1.807, 2.05) is 25.6 Å². The molecule has 108 valence electrons. The van der Waals surface area contributed by atoms with E-state index in [0.29, 0.717) is 17.9 Å². The maximum atomic E-state index is 13.2. The number of benzene rings is 1. The lowest BCUT2D eigenvalue weighted by molar-refractivity contribution is 0.617. The third kappa shape index (κ3) is 3.19. The molecule has 0 fully saturated rings. The average Bonchev–Trinajstić information content (AvgIpc) is 2.61. The van der Waals surface area contributed by atoms with Gasteiger partial charge in [-0.3, -0.25) is 4.68 Å². The number of halogens is 2. The van der Waals surface area contributed by atoms with Gasteiger partial charge in [0.1, 0.15) is 5.82 Å². The van der Waals surface area contributed by atoms with Gasteiger partial charge in [0.15, 0.2) is 0 Å². The largest absolute Gasteiger partial charge is 0.327 e. The van der Waals surface area contributed by atoms with Gasteiger partial charge in [-0.2, -0.15) is 5.10 Å². The lowest BCUT2D eigenvalue weighted by Crippen LogP contribution is -2.26. The maximum absolute atomic E-state index is 13.2. The lowest BCUT2D eigenvalue weighted by Gasteiger charge is -2.13. The number of aryl methyl sites for hydroxylation is 2. The molecule has 0 amide bonds. The van der Waals surface area contributed by atoms with E-state index in [1.54, 1.807) is 6.07 Å². The molecule has 2 aromatic rings. The zero-order valence-electron chi connectivity index (χ0n) is 12.0. The number of hydrogen-bond donors (Lipinski definition) is 1. The van der Waals surface area contributed by atoms with Gasteiger partial charge in [-0.05, 0) is 56.0 Å². The van der Waals surface area contributed by atoms with Crippen molar-refractivity contribution in [1.29, 1.82) is 0 Å². The third-order valence-electron chi connectivity index (χ3n) is 3.62. The smallest absolute Gasteiger partial charge is 0.123 e. The van der Waals surface area contributed by atoms with Gasteiger partial charge in [-0.1, -0.05) is 11.6 Å². The molecule has 0 saturated carbocycles. The van der Waals surface area contributed by atoms with Crippen molar-refractivity contribution in [3.05, 3.63) is 51.6 Å². The second-order valence-electron chi connectivity index (χ2n) is 5.18. The minimum absolute atomic E-state index is 0.115. The van der Waals surface area contributed by atoms with E-state index in [0.717, 1.165) is 22.5 Å². The predicted molar refractivity (Wildman–Crippen MR) is 79.5 cm³/mol. The summed E-state index contributed by atoms with van der Waals surface area (Å²) in [6.07, 6.45) is 1.25. The fraction of sp³-hybridized carbons (Fsp3) is 0.400. The molecule has 2 N–H and O–H groups in total. The Kier molecular flexibility index (Phi) is 4.45. The normalized spacial score (nSPS) is 12.7. The Hall–Kier alpha value is -1.39. The highest BCUT2D eigenvalue weighted by Crippen LogP contribution is 2.20. The Morgan fingerprint density at radius 1 is 1.35 bits per heavy atom. The highest BCUT2D eigenvalue weighted by atomic mass is 35.5. The van der Waals surface area contributed by atoms with Gasteiger partial charge in [0.25, 0.3) is 0 Å². The van der Waals surface area contributed by atoms with Gasteiger partial charge in [0, 0.05) is 23.8 Å². The second kappa shape index (κ2) is 5.94. The second-order valence-corrected chi connectivity index (χ2v) is 5.58. The van der Waals surface area contributed by atoms with Gasteiger partial charge in [-0.25, -0.2) is 4.39 Å². The minimum Gasteiger partial charge on any atom is -0.327 e. The Balaban J connectivity index is 2.13. The van der Waals surface area contributed by atoms with Crippen molar-refractivity contribution in [2.24, 2.45) is 12.8 Å². The Bertz CT molecular complexity index is 622. The van der Waals surface area contributed by atoms with Gasteiger partial charge in [0.2, 0.25) is 0 Å². The zero-order valence-corrected chi connectivity index (χ0v) is 12.7. The lowest BCUT2D eigenvalue weighted by atomic mass is 9.98. The van der Waals surface area contributed by atoms with E-state index in [1.165, 1.54) is 12.1 Å². The van der Waals surface area contributed by atoms with Crippen molar-refractivity contribution in [1.82, 2.24) is 9.78 Å². The van der Waals surface area contributed by atoms with E-state index >= 15 is 0 Å². The average molecular weight is 296 g/mol. The molecular formula is C15H19ClFN3. The first-order valence-corrected chi connectivity index (χ1v) is 6.95. The maximum Gasteiger partial charge on any atom is 0.123 e. The third-order valence-corrected chi connectivity index (χ3v) is 3.98. The molecule has 2 rings (SSSR count). The molecule has 1 atom stereocenters. The first-order valence-electron chi connectivity index (χ1n) is 6.57. The minimum atomic E-state index is -0.287. The SMILES string of the molecule is Cc1nn(C)c(C)c1CC(N)Cc1cc(F)ccc1Cl. The summed E-state index contributed by atoms with van der Waals surface area (Å²) in [4.78, 5) is 0. The van der Waals surface area contributed by atoms with Crippen LogP contribution in [0.2, 0.25) is 5.02 Å². The molecule has 1 heterocycles. The van der Waals surface area contributed by atoms with Gasteiger partial charge >= 0.3 is 0 Å². The topological polar surface area (TPSA) is 43.8 Å². The molecular weight excluding hydrogens is 277 g/mol. The van der Waals surface area contributed by atoms with Crippen LogP contribution in [0, 0.1) is 19.7 Å². The van der Waals surface area contributed by atoms with Crippen LogP contribution in [0.1, 0.15) is 22.5 Å². The fourth-order valence-corrected chi connectivity index (χ4v) is 2.62. The highest BCUT2D eigenvalue weighted by Gasteiger charge is 2.15. The van der Waals surface area contributed by atoms with E-state index in [2.05, 4.69) is 5.10 Å². The van der Waals surface area contributed by atoms with E-state index in [4.69, 9.17) is 17.3 Å². The van der Waals surface area contributed by atoms with E-state index in [-0.39, 0.29) is 11.9 Å². The van der Waals surface area contributed by atoms with Crippen molar-refractivity contribution in [3.63, 3.8) is 0 Å². The van der Waals surface area contributed by atoms with Crippen LogP contribution in [0.15, 0.2) is 18.2 Å². The summed E-state index contributed by atoms with van der Waals surface area (Å²) in [7, 11) is 1.92. The summed E-state index contributed by atoms with van der Waals surface area (Å²) >= 11 is 6.07. The van der Waals surface area contributed by atoms with Crippen molar-refractivity contribution >= 4 is 11.6 Å². The van der Waals surface area contributed by atoms with Gasteiger partial charge in [0.05, 0.1) is 5.69 Å². The quantitative estimate of drug-likeness (QED) is 0.942. The molecule has 20 heavy (non-hydrogen) atoms. The summed E-state index contributed by atoms with van der Waals surface area (Å²) < 4.78 is 15.1. The molecule has 0 spiro atoms. The van der Waals surface area contributed by atoms with Crippen LogP contribution in [-0.2, 0) is 19.9 Å². The molecule has 3 nitrogen and oxygen atoms in total. The van der Waals surface area contributed by atoms with Crippen LogP contribution in [0.4, 0.5) is 4.39 Å². The summed E-state index contributed by atoms with van der Waals surface area (Å²) in [5.74, 6) is -0.287. The molecule has 0 radical (unpaired) electrons. The number of hydrogen-bond acceptors (Lipinski definition) is 2. The summed E-state index contributed by atoms with van der Waals surface area (Å²) in [6, 6.07) is 4.26. The van der Waals surface area contributed by atoms with Crippen LogP contribution in [0.25, 0.3) is 0 Å². The molecule has 0 aliphatic rings. The van der Waals surface area contributed by atoms with Crippen LogP contribution >= 0.6 is 11.6 Å². The van der Waals surface area contributed by atoms with Crippen LogP contribution < -0.4 is 5.73 Å². The number of nitrogens with zero attached hydrogens (tertiary/aromatic N) is 2. The molecule has 0 aliphatic carbocycles. The fourth-order valence-electron chi connectivity index (χ4n) is 2.43. The van der Waals surface area contributed by atoms with Gasteiger partial charge < -0.3 is 5.73 Å². The monoisotopic (exact) mass is 295 g/mol. The van der Waals surface area contributed by atoms with E-state index < -0.39 is 0 Å². The first kappa shape index (κ1) is 15.0. The molecule has 0 bridgehead atoms. The van der Waals surface area contributed by atoms with Crippen LogP contribution in [0.5, 0.6) is 0 Å². The molecule has 0 aliphatic heterocycles. The Labute approximate surface area is 123 Å². The Morgan fingerprint density at radius 2 is 2.05 bits per heavy atom. The van der Waals surface area contributed by atoms with Crippen LogP contribution in [-0.4, -0.2) is 15.8 Å². The zero-order chi connectivity index (χ0) is 14.9. The van der Waals surface area contributed by atoms with Crippen LogP contribution in [0.3, 0.4) is 0 Å². The molecule has 1 unspecified atom stereocenters. The number of nitrogens with two attached hydrogens (primary N) is 1. The van der Waals surface area contributed by atoms with Gasteiger partial charge in [-0.15, -0.1) is 0 Å². The number of rotatable bonds is 4. The molecule has 1 aromatic carbocycles. The molecule has 0 saturated heterocycles. The Morgan fingerprint density at radius 3 is 2.65 bits per heavy atom. The summed E-state index contributed by atoms with van der Waals surface area (Å²) in [5.41, 5.74) is 10.2. The van der Waals surface area contributed by atoms with Crippen molar-refractivity contribution < 1.29 is 4.39 Å². The van der Waals surface area contributed by atoms with Crippen molar-refractivity contribution in [2.75, 3.05) is 0 Å². The number of aromatic nitrogens is 2. The standard InChI is InChI=1S/C15H19ClFN3/c1-9-14(10(2)20(3)19-9)8-13(18)7-11-6-12(17)4-5-15(11)16/h4-6,13H,7-8,18H2,1-3H3. The summed E-state index contributed by atoms with van der Waals surface area (Å²) in [6.45, 7) is 4.00. The van der Waals surface area contributed by atoms with E-state index in [9.17, 15) is 4.39 Å². The molecule has 5 heteroatoms. The highest BCUT2D eigenvalue weighted by molar-refractivity contribution is 6.31. The summed E-state index contributed by atoms with van der Waals surface area (Å²) in [5, 5.41) is 4.93. The van der Waals surface area contributed by atoms with Crippen molar-refractivity contribution in [2.45, 2.75) is 32.7 Å².